The molecule has 8 heteroatoms. The molecule has 3 rings (SSSR count). The first-order valence-electron chi connectivity index (χ1n) is 8.58. The molecule has 0 fully saturated rings. The fraction of sp³-hybridized carbons (Fsp3) is 0.190. The number of ketones is 1. The maximum Gasteiger partial charge on any atom is 0.350 e. The van der Waals surface area contributed by atoms with E-state index in [1.807, 2.05) is 12.1 Å². The molecule has 0 bridgehead atoms. The number of hydrogen-bond acceptors (Lipinski definition) is 7. The first kappa shape index (κ1) is 20.5. The molecule has 2 aromatic carbocycles. The van der Waals surface area contributed by atoms with Gasteiger partial charge in [-0.05, 0) is 49.4 Å². The Kier molecular flexibility index (Phi) is 6.23. The number of hydrogen-bond donors (Lipinski definition) is 0. The lowest BCUT2D eigenvalue weighted by Crippen LogP contribution is -2.14. The summed E-state index contributed by atoms with van der Waals surface area (Å²) in [5.41, 5.74) is 1.44. The molecule has 0 radical (unpaired) electrons. The number of methoxy groups -OCH3 is 2. The van der Waals surface area contributed by atoms with Gasteiger partial charge in [-0.1, -0.05) is 0 Å². The minimum absolute atomic E-state index is 0.0323. The molecule has 1 heterocycles. The number of halogens is 1. The lowest BCUT2D eigenvalue weighted by Gasteiger charge is -2.05. The third-order valence-corrected chi connectivity index (χ3v) is 5.31. The van der Waals surface area contributed by atoms with Gasteiger partial charge in [0, 0.05) is 11.1 Å². The fourth-order valence-electron chi connectivity index (χ4n) is 2.56. The summed E-state index contributed by atoms with van der Waals surface area (Å²) >= 11 is 1.17. The highest BCUT2D eigenvalue weighted by Gasteiger charge is 2.19. The van der Waals surface area contributed by atoms with E-state index in [0.717, 1.165) is 17.4 Å². The molecule has 0 aliphatic rings. The Morgan fingerprint density at radius 2 is 1.79 bits per heavy atom. The number of rotatable bonds is 7. The van der Waals surface area contributed by atoms with Gasteiger partial charge in [0.2, 0.25) is 0 Å². The molecule has 0 atom stereocenters. The molecule has 0 amide bonds. The van der Waals surface area contributed by atoms with Gasteiger partial charge in [0.1, 0.15) is 15.6 Å². The Bertz CT molecular complexity index is 1050. The summed E-state index contributed by atoms with van der Waals surface area (Å²) in [4.78, 5) is 29.3. The summed E-state index contributed by atoms with van der Waals surface area (Å²) < 4.78 is 28.8. The molecule has 0 spiro atoms. The number of carbonyl (C=O) groups excluding carboxylic acids is 2. The molecule has 150 valence electrons. The van der Waals surface area contributed by atoms with Crippen molar-refractivity contribution >= 4 is 23.1 Å². The summed E-state index contributed by atoms with van der Waals surface area (Å²) in [6, 6.07) is 11.1. The van der Waals surface area contributed by atoms with Crippen molar-refractivity contribution < 1.29 is 28.2 Å². The monoisotopic (exact) mass is 415 g/mol. The first-order chi connectivity index (χ1) is 13.9. The van der Waals surface area contributed by atoms with Crippen LogP contribution in [0, 0.1) is 12.7 Å². The standard InChI is InChI=1S/C21H18FNO5S/c1-12-19(29-20(23-12)13-4-7-15(26-2)8-5-13)21(25)28-11-17(24)14-6-9-18(27-3)16(22)10-14/h4-10H,11H2,1-3H3. The number of thiazole rings is 1. The number of nitrogens with zero attached hydrogens (tertiary/aromatic N) is 1. The lowest BCUT2D eigenvalue weighted by atomic mass is 10.1. The highest BCUT2D eigenvalue weighted by Crippen LogP contribution is 2.29. The van der Waals surface area contributed by atoms with Crippen LogP contribution >= 0.6 is 11.3 Å². The molecule has 29 heavy (non-hydrogen) atoms. The van der Waals surface area contributed by atoms with Gasteiger partial charge in [0.25, 0.3) is 0 Å². The highest BCUT2D eigenvalue weighted by atomic mass is 32.1. The Hall–Kier alpha value is -3.26. The molecule has 0 saturated heterocycles. The fourth-order valence-corrected chi connectivity index (χ4v) is 3.53. The van der Waals surface area contributed by atoms with E-state index in [1.54, 1.807) is 26.2 Å². The van der Waals surface area contributed by atoms with Crippen molar-refractivity contribution in [1.29, 1.82) is 0 Å². The van der Waals surface area contributed by atoms with Gasteiger partial charge < -0.3 is 14.2 Å². The average Bonchev–Trinajstić information content (AvgIpc) is 3.13. The van der Waals surface area contributed by atoms with Gasteiger partial charge in [-0.15, -0.1) is 11.3 Å². The van der Waals surface area contributed by atoms with E-state index < -0.39 is 24.2 Å². The first-order valence-corrected chi connectivity index (χ1v) is 9.40. The van der Waals surface area contributed by atoms with Crippen molar-refractivity contribution in [2.24, 2.45) is 0 Å². The van der Waals surface area contributed by atoms with Crippen LogP contribution < -0.4 is 9.47 Å². The van der Waals surface area contributed by atoms with E-state index in [2.05, 4.69) is 4.98 Å². The molecular formula is C21H18FNO5S. The van der Waals surface area contributed by atoms with E-state index >= 15 is 0 Å². The molecule has 0 N–H and O–H groups in total. The minimum atomic E-state index is -0.660. The van der Waals surface area contributed by atoms with Crippen LogP contribution in [-0.2, 0) is 4.74 Å². The SMILES string of the molecule is COc1ccc(-c2nc(C)c(C(=O)OCC(=O)c3ccc(OC)c(F)c3)s2)cc1. The van der Waals surface area contributed by atoms with Crippen molar-refractivity contribution in [3.8, 4) is 22.1 Å². The second-order valence-electron chi connectivity index (χ2n) is 6.01. The third-order valence-electron chi connectivity index (χ3n) is 4.13. The van der Waals surface area contributed by atoms with Crippen LogP contribution in [0.5, 0.6) is 11.5 Å². The Morgan fingerprint density at radius 3 is 2.41 bits per heavy atom. The van der Waals surface area contributed by atoms with Crippen molar-refractivity contribution in [3.05, 3.63) is 64.4 Å². The second-order valence-corrected chi connectivity index (χ2v) is 7.01. The molecule has 1 aromatic heterocycles. The third kappa shape index (κ3) is 4.60. The highest BCUT2D eigenvalue weighted by molar-refractivity contribution is 7.17. The van der Waals surface area contributed by atoms with Gasteiger partial charge in [0.05, 0.1) is 19.9 Å². The summed E-state index contributed by atoms with van der Waals surface area (Å²) in [7, 11) is 2.91. The lowest BCUT2D eigenvalue weighted by molar-refractivity contribution is 0.0478. The van der Waals surface area contributed by atoms with Crippen LogP contribution in [0.25, 0.3) is 10.6 Å². The zero-order valence-electron chi connectivity index (χ0n) is 16.0. The molecule has 3 aromatic rings. The van der Waals surface area contributed by atoms with Gasteiger partial charge in [-0.25, -0.2) is 14.2 Å². The molecule has 6 nitrogen and oxygen atoms in total. The van der Waals surface area contributed by atoms with E-state index in [0.29, 0.717) is 15.6 Å². The molecule has 0 unspecified atom stereocenters. The van der Waals surface area contributed by atoms with Crippen molar-refractivity contribution in [2.45, 2.75) is 6.92 Å². The minimum Gasteiger partial charge on any atom is -0.497 e. The van der Waals surface area contributed by atoms with Crippen LogP contribution in [-0.4, -0.2) is 37.6 Å². The van der Waals surface area contributed by atoms with E-state index in [4.69, 9.17) is 14.2 Å². The molecule has 0 saturated carbocycles. The van der Waals surface area contributed by atoms with Gasteiger partial charge >= 0.3 is 5.97 Å². The van der Waals surface area contributed by atoms with Crippen molar-refractivity contribution in [3.63, 3.8) is 0 Å². The Morgan fingerprint density at radius 1 is 1.07 bits per heavy atom. The number of aromatic nitrogens is 1. The summed E-state index contributed by atoms with van der Waals surface area (Å²) in [6.07, 6.45) is 0. The predicted octanol–water partition coefficient (Wildman–Crippen LogP) is 4.31. The van der Waals surface area contributed by atoms with Gasteiger partial charge in [-0.2, -0.15) is 0 Å². The van der Waals surface area contributed by atoms with Crippen molar-refractivity contribution in [2.75, 3.05) is 20.8 Å². The normalized spacial score (nSPS) is 10.5. The summed E-state index contributed by atoms with van der Waals surface area (Å²) in [5, 5.41) is 0.653. The topological polar surface area (TPSA) is 74.7 Å². The number of benzene rings is 2. The number of aryl methyl sites for hydroxylation is 1. The van der Waals surface area contributed by atoms with Gasteiger partial charge in [0.15, 0.2) is 24.0 Å². The van der Waals surface area contributed by atoms with E-state index in [9.17, 15) is 14.0 Å². The summed E-state index contributed by atoms with van der Waals surface area (Å²) in [6.45, 7) is 1.20. The summed E-state index contributed by atoms with van der Waals surface area (Å²) in [5.74, 6) is -1.08. The molecule has 0 aliphatic carbocycles. The quantitative estimate of drug-likeness (QED) is 0.423. The molecule has 0 aliphatic heterocycles. The van der Waals surface area contributed by atoms with Crippen LogP contribution in [0.15, 0.2) is 42.5 Å². The van der Waals surface area contributed by atoms with Crippen molar-refractivity contribution in [1.82, 2.24) is 4.98 Å². The zero-order valence-corrected chi connectivity index (χ0v) is 16.8. The smallest absolute Gasteiger partial charge is 0.350 e. The zero-order chi connectivity index (χ0) is 21.0. The number of ether oxygens (including phenoxy) is 3. The van der Waals surface area contributed by atoms with Gasteiger partial charge in [-0.3, -0.25) is 4.79 Å². The van der Waals surface area contributed by atoms with E-state index in [-0.39, 0.29) is 11.3 Å². The maximum atomic E-state index is 13.7. The van der Waals surface area contributed by atoms with Crippen LogP contribution in [0.2, 0.25) is 0 Å². The Labute approximate surface area is 170 Å². The van der Waals surface area contributed by atoms with Crippen LogP contribution in [0.1, 0.15) is 25.7 Å². The van der Waals surface area contributed by atoms with Crippen LogP contribution in [0.4, 0.5) is 4.39 Å². The molecular weight excluding hydrogens is 397 g/mol. The van der Waals surface area contributed by atoms with E-state index in [1.165, 1.54) is 30.6 Å². The predicted molar refractivity (Wildman–Crippen MR) is 106 cm³/mol. The maximum absolute atomic E-state index is 13.7. The Balaban J connectivity index is 1.68. The number of esters is 1. The number of Topliss-reactive ketones (excluding diaryl/α,β-unsaturated/α-hetero) is 1. The largest absolute Gasteiger partial charge is 0.497 e. The number of carbonyl (C=O) groups is 2. The average molecular weight is 415 g/mol. The van der Waals surface area contributed by atoms with Crippen LogP contribution in [0.3, 0.4) is 0 Å². The second kappa shape index (κ2) is 8.83.